The summed E-state index contributed by atoms with van der Waals surface area (Å²) in [6.45, 7) is -0.428. The topological polar surface area (TPSA) is 116 Å². The lowest BCUT2D eigenvalue weighted by Gasteiger charge is -2.17. The number of nitro groups is 1. The zero-order chi connectivity index (χ0) is 21.5. The molecule has 0 radical (unpaired) electrons. The molecular formula is C21H16N2O6S. The maximum Gasteiger partial charge on any atom is 0.326 e. The largest absolute Gasteiger partial charge is 0.448 e. The van der Waals surface area contributed by atoms with Gasteiger partial charge in [0.1, 0.15) is 6.54 Å². The standard InChI is InChI=1S/C21H16N2O6S/c24-18(13-22-21(26)17-7-4-12-30-17)29-20(19(25)14-5-2-1-3-6-14)15-8-10-16(11-9-15)23(27)28/h1-12,20H,13H2,(H,22,26)/t20-/m1/s1. The summed E-state index contributed by atoms with van der Waals surface area (Å²) in [5.41, 5.74) is 0.447. The van der Waals surface area contributed by atoms with Gasteiger partial charge in [-0.1, -0.05) is 36.4 Å². The Morgan fingerprint density at radius 1 is 1.00 bits per heavy atom. The minimum absolute atomic E-state index is 0.154. The molecule has 1 amide bonds. The Bertz CT molecular complexity index is 1050. The van der Waals surface area contributed by atoms with Crippen molar-refractivity contribution < 1.29 is 24.0 Å². The lowest BCUT2D eigenvalue weighted by atomic mass is 9.99. The first-order valence-electron chi connectivity index (χ1n) is 8.80. The molecule has 1 aromatic heterocycles. The fourth-order valence-corrected chi connectivity index (χ4v) is 3.26. The number of ketones is 1. The minimum Gasteiger partial charge on any atom is -0.448 e. The summed E-state index contributed by atoms with van der Waals surface area (Å²) >= 11 is 1.23. The van der Waals surface area contributed by atoms with Gasteiger partial charge >= 0.3 is 5.97 Å². The highest BCUT2D eigenvalue weighted by Gasteiger charge is 2.27. The molecule has 1 N–H and O–H groups in total. The average Bonchev–Trinajstić information content (AvgIpc) is 3.31. The van der Waals surface area contributed by atoms with Crippen molar-refractivity contribution >= 4 is 34.7 Å². The summed E-state index contributed by atoms with van der Waals surface area (Å²) < 4.78 is 5.35. The molecule has 8 nitrogen and oxygen atoms in total. The number of carbonyl (C=O) groups excluding carboxylic acids is 3. The second kappa shape index (κ2) is 9.57. The van der Waals surface area contributed by atoms with Crippen molar-refractivity contribution in [1.29, 1.82) is 0 Å². The van der Waals surface area contributed by atoms with Gasteiger partial charge in [-0.25, -0.2) is 0 Å². The quantitative estimate of drug-likeness (QED) is 0.256. The number of amides is 1. The van der Waals surface area contributed by atoms with Gasteiger partial charge in [0.05, 0.1) is 9.80 Å². The van der Waals surface area contributed by atoms with Crippen LogP contribution in [0.25, 0.3) is 0 Å². The van der Waals surface area contributed by atoms with Crippen LogP contribution in [-0.4, -0.2) is 29.1 Å². The zero-order valence-corrected chi connectivity index (χ0v) is 16.3. The third kappa shape index (κ3) is 5.15. The molecule has 0 saturated carbocycles. The summed E-state index contributed by atoms with van der Waals surface area (Å²) in [5, 5.41) is 15.0. The number of non-ortho nitro benzene ring substituents is 1. The van der Waals surface area contributed by atoms with Crippen molar-refractivity contribution in [3.8, 4) is 0 Å². The van der Waals surface area contributed by atoms with E-state index >= 15 is 0 Å². The molecule has 0 bridgehead atoms. The van der Waals surface area contributed by atoms with Gasteiger partial charge in [0, 0.05) is 23.3 Å². The smallest absolute Gasteiger partial charge is 0.326 e. The van der Waals surface area contributed by atoms with Crippen LogP contribution in [0.1, 0.15) is 31.7 Å². The Kier molecular flexibility index (Phi) is 6.66. The van der Waals surface area contributed by atoms with Gasteiger partial charge in [-0.2, -0.15) is 0 Å². The second-order valence-corrected chi connectivity index (χ2v) is 7.06. The predicted octanol–water partition coefficient (Wildman–Crippen LogP) is 3.55. The van der Waals surface area contributed by atoms with E-state index in [1.165, 1.54) is 35.6 Å². The molecular weight excluding hydrogens is 408 g/mol. The van der Waals surface area contributed by atoms with Crippen LogP contribution in [0.5, 0.6) is 0 Å². The van der Waals surface area contributed by atoms with Crippen molar-refractivity contribution in [1.82, 2.24) is 5.32 Å². The molecule has 9 heteroatoms. The Morgan fingerprint density at radius 2 is 1.70 bits per heavy atom. The van der Waals surface area contributed by atoms with Crippen LogP contribution in [0.15, 0.2) is 72.1 Å². The number of thiophene rings is 1. The van der Waals surface area contributed by atoms with Crippen molar-refractivity contribution in [3.63, 3.8) is 0 Å². The van der Waals surface area contributed by atoms with Gasteiger partial charge in [0.25, 0.3) is 11.6 Å². The van der Waals surface area contributed by atoms with E-state index in [9.17, 15) is 24.5 Å². The average molecular weight is 424 g/mol. The van der Waals surface area contributed by atoms with E-state index in [4.69, 9.17) is 4.74 Å². The van der Waals surface area contributed by atoms with E-state index < -0.39 is 35.2 Å². The molecule has 0 aliphatic rings. The fourth-order valence-electron chi connectivity index (χ4n) is 2.62. The lowest BCUT2D eigenvalue weighted by Crippen LogP contribution is -2.32. The molecule has 0 saturated heterocycles. The molecule has 30 heavy (non-hydrogen) atoms. The molecule has 0 unspecified atom stereocenters. The first-order valence-corrected chi connectivity index (χ1v) is 9.68. The van der Waals surface area contributed by atoms with Crippen LogP contribution in [0.3, 0.4) is 0 Å². The molecule has 152 valence electrons. The summed E-state index contributed by atoms with van der Waals surface area (Å²) in [4.78, 5) is 48.0. The van der Waals surface area contributed by atoms with E-state index in [2.05, 4.69) is 5.32 Å². The van der Waals surface area contributed by atoms with E-state index in [1.54, 1.807) is 47.8 Å². The highest BCUT2D eigenvalue weighted by Crippen LogP contribution is 2.25. The Morgan fingerprint density at radius 3 is 2.30 bits per heavy atom. The maximum absolute atomic E-state index is 12.9. The monoisotopic (exact) mass is 424 g/mol. The van der Waals surface area contributed by atoms with Gasteiger partial charge in [-0.15, -0.1) is 11.3 Å². The normalized spacial score (nSPS) is 11.3. The summed E-state index contributed by atoms with van der Waals surface area (Å²) in [7, 11) is 0. The molecule has 0 spiro atoms. The number of nitro benzene ring substituents is 1. The Balaban J connectivity index is 1.76. The third-order valence-corrected chi connectivity index (χ3v) is 4.96. The fraction of sp³-hybridized carbons (Fsp3) is 0.0952. The number of esters is 1. The van der Waals surface area contributed by atoms with Crippen molar-refractivity contribution in [3.05, 3.63) is 98.2 Å². The first kappa shape index (κ1) is 20.9. The van der Waals surface area contributed by atoms with Crippen LogP contribution < -0.4 is 5.32 Å². The minimum atomic E-state index is -1.31. The van der Waals surface area contributed by atoms with Gasteiger partial charge in [-0.05, 0) is 23.6 Å². The molecule has 3 aromatic rings. The number of hydrogen-bond acceptors (Lipinski definition) is 7. The van der Waals surface area contributed by atoms with Crippen LogP contribution in [-0.2, 0) is 9.53 Å². The van der Waals surface area contributed by atoms with Gasteiger partial charge in [-0.3, -0.25) is 24.5 Å². The molecule has 0 aliphatic heterocycles. The zero-order valence-electron chi connectivity index (χ0n) is 15.5. The van der Waals surface area contributed by atoms with Gasteiger partial charge in [0.15, 0.2) is 6.10 Å². The number of hydrogen-bond donors (Lipinski definition) is 1. The van der Waals surface area contributed by atoms with E-state index in [-0.39, 0.29) is 11.3 Å². The molecule has 0 aliphatic carbocycles. The number of carbonyl (C=O) groups is 3. The van der Waals surface area contributed by atoms with Gasteiger partial charge in [0.2, 0.25) is 5.78 Å². The number of nitrogens with zero attached hydrogens (tertiary/aromatic N) is 1. The number of nitrogens with one attached hydrogen (secondary N) is 1. The molecule has 2 aromatic carbocycles. The molecule has 1 heterocycles. The Labute approximate surface area is 175 Å². The first-order chi connectivity index (χ1) is 14.5. The number of ether oxygens (including phenoxy) is 1. The highest BCUT2D eigenvalue weighted by molar-refractivity contribution is 7.12. The number of Topliss-reactive ketones (excluding diaryl/α,β-unsaturated/α-hetero) is 1. The summed E-state index contributed by atoms with van der Waals surface area (Å²) in [6.07, 6.45) is -1.31. The van der Waals surface area contributed by atoms with E-state index in [1.807, 2.05) is 0 Å². The predicted molar refractivity (Wildman–Crippen MR) is 109 cm³/mol. The second-order valence-electron chi connectivity index (χ2n) is 6.11. The molecule has 0 fully saturated rings. The summed E-state index contributed by atoms with van der Waals surface area (Å²) in [5.74, 6) is -1.72. The maximum atomic E-state index is 12.9. The SMILES string of the molecule is O=C(CNC(=O)c1cccs1)O[C@@H](C(=O)c1ccccc1)c1ccc([N+](=O)[O-])cc1. The molecule has 1 atom stereocenters. The van der Waals surface area contributed by atoms with Gasteiger partial charge < -0.3 is 10.1 Å². The number of benzene rings is 2. The van der Waals surface area contributed by atoms with Crippen LogP contribution >= 0.6 is 11.3 Å². The Hall–Kier alpha value is -3.85. The molecule has 3 rings (SSSR count). The van der Waals surface area contributed by atoms with E-state index in [0.717, 1.165) is 0 Å². The lowest BCUT2D eigenvalue weighted by molar-refractivity contribution is -0.384. The third-order valence-electron chi connectivity index (χ3n) is 4.09. The summed E-state index contributed by atoms with van der Waals surface area (Å²) in [6, 6.07) is 16.7. The van der Waals surface area contributed by atoms with Crippen LogP contribution in [0.4, 0.5) is 5.69 Å². The van der Waals surface area contributed by atoms with Crippen molar-refractivity contribution in [2.75, 3.05) is 6.54 Å². The van der Waals surface area contributed by atoms with Crippen LogP contribution in [0.2, 0.25) is 0 Å². The number of rotatable bonds is 8. The van der Waals surface area contributed by atoms with Crippen molar-refractivity contribution in [2.45, 2.75) is 6.10 Å². The van der Waals surface area contributed by atoms with Crippen molar-refractivity contribution in [2.24, 2.45) is 0 Å². The van der Waals surface area contributed by atoms with E-state index in [0.29, 0.717) is 10.4 Å². The van der Waals surface area contributed by atoms with Crippen LogP contribution in [0, 0.1) is 10.1 Å². The highest BCUT2D eigenvalue weighted by atomic mass is 32.1.